The van der Waals surface area contributed by atoms with E-state index < -0.39 is 11.9 Å². The molecule has 0 atom stereocenters. The van der Waals surface area contributed by atoms with Crippen molar-refractivity contribution < 1.29 is 28.5 Å². The minimum atomic E-state index is -0.546. The van der Waals surface area contributed by atoms with Gasteiger partial charge >= 0.3 is 11.9 Å². The van der Waals surface area contributed by atoms with Crippen molar-refractivity contribution in [2.45, 2.75) is 90.9 Å². The molecule has 0 aromatic heterocycles. The summed E-state index contributed by atoms with van der Waals surface area (Å²) in [6.07, 6.45) is 14.5. The number of benzene rings is 1. The first-order valence-electron chi connectivity index (χ1n) is 13.3. The van der Waals surface area contributed by atoms with Crippen LogP contribution in [0.25, 0.3) is 0 Å². The van der Waals surface area contributed by atoms with Gasteiger partial charge in [-0.3, -0.25) is 0 Å². The van der Waals surface area contributed by atoms with Crippen molar-refractivity contribution in [1.82, 2.24) is 0 Å². The molecule has 0 saturated carbocycles. The molecule has 0 spiro atoms. The van der Waals surface area contributed by atoms with Gasteiger partial charge in [-0.2, -0.15) is 0 Å². The van der Waals surface area contributed by atoms with Crippen LogP contribution < -0.4 is 0 Å². The molecule has 1 aromatic rings. The quantitative estimate of drug-likeness (QED) is 0.135. The van der Waals surface area contributed by atoms with Gasteiger partial charge in [0.1, 0.15) is 13.2 Å². The SMILES string of the molecule is CCCCCCCCOCCOC(=O)c1ccccc1C(=O)OCCOCCCCCCCC. The fourth-order valence-electron chi connectivity index (χ4n) is 3.55. The molecule has 6 nitrogen and oxygen atoms in total. The van der Waals surface area contributed by atoms with Crippen molar-refractivity contribution in [2.24, 2.45) is 0 Å². The van der Waals surface area contributed by atoms with Crippen LogP contribution in [0.5, 0.6) is 0 Å². The maximum atomic E-state index is 12.4. The summed E-state index contributed by atoms with van der Waals surface area (Å²) in [5.74, 6) is -1.09. The van der Waals surface area contributed by atoms with Gasteiger partial charge in [0, 0.05) is 13.2 Å². The van der Waals surface area contributed by atoms with Gasteiger partial charge < -0.3 is 18.9 Å². The summed E-state index contributed by atoms with van der Waals surface area (Å²) in [5.41, 5.74) is 0.410. The lowest BCUT2D eigenvalue weighted by Crippen LogP contribution is -2.17. The maximum Gasteiger partial charge on any atom is 0.339 e. The van der Waals surface area contributed by atoms with Gasteiger partial charge in [-0.1, -0.05) is 90.2 Å². The normalized spacial score (nSPS) is 10.9. The molecular weight excluding hydrogens is 432 g/mol. The highest BCUT2D eigenvalue weighted by molar-refractivity contribution is 6.03. The number of rotatable bonds is 22. The summed E-state index contributed by atoms with van der Waals surface area (Å²) < 4.78 is 21.7. The standard InChI is InChI=1S/C28H46O6/c1-3-5-7-9-11-15-19-31-21-23-33-27(29)25-17-13-14-18-26(25)28(30)34-24-22-32-20-16-12-10-8-6-4-2/h13-14,17-18H,3-12,15-16,19-24H2,1-2H3. The third-order valence-electron chi connectivity index (χ3n) is 5.57. The number of hydrogen-bond acceptors (Lipinski definition) is 6. The van der Waals surface area contributed by atoms with E-state index >= 15 is 0 Å². The van der Waals surface area contributed by atoms with Crippen LogP contribution in [0.15, 0.2) is 24.3 Å². The van der Waals surface area contributed by atoms with Crippen LogP contribution in [0.1, 0.15) is 112 Å². The molecule has 1 rings (SSSR count). The molecule has 0 aliphatic heterocycles. The summed E-state index contributed by atoms with van der Waals surface area (Å²) in [7, 11) is 0. The third-order valence-corrected chi connectivity index (χ3v) is 5.57. The smallest absolute Gasteiger partial charge is 0.339 e. The Morgan fingerprint density at radius 2 is 0.912 bits per heavy atom. The summed E-state index contributed by atoms with van der Waals surface area (Å²) in [6.45, 7) is 6.78. The molecule has 0 amide bonds. The lowest BCUT2D eigenvalue weighted by molar-refractivity contribution is 0.0274. The Morgan fingerprint density at radius 3 is 1.32 bits per heavy atom. The van der Waals surface area contributed by atoms with E-state index in [4.69, 9.17) is 18.9 Å². The molecule has 0 aliphatic carbocycles. The molecule has 0 aliphatic rings. The first-order chi connectivity index (χ1) is 16.7. The number of hydrogen-bond donors (Lipinski definition) is 0. The Morgan fingerprint density at radius 1 is 0.529 bits per heavy atom. The zero-order valence-electron chi connectivity index (χ0n) is 21.5. The zero-order valence-corrected chi connectivity index (χ0v) is 21.5. The van der Waals surface area contributed by atoms with Gasteiger partial charge in [0.05, 0.1) is 24.3 Å². The molecule has 34 heavy (non-hydrogen) atoms. The summed E-state index contributed by atoms with van der Waals surface area (Å²) >= 11 is 0. The predicted molar refractivity (Wildman–Crippen MR) is 135 cm³/mol. The van der Waals surface area contributed by atoms with Crippen molar-refractivity contribution in [3.63, 3.8) is 0 Å². The van der Waals surface area contributed by atoms with Gasteiger partial charge in [0.25, 0.3) is 0 Å². The van der Waals surface area contributed by atoms with Crippen LogP contribution in [0.4, 0.5) is 0 Å². The molecule has 0 unspecified atom stereocenters. The Kier molecular flexibility index (Phi) is 19.1. The average Bonchev–Trinajstić information content (AvgIpc) is 2.86. The molecule has 0 heterocycles. The molecule has 1 aromatic carbocycles. The lowest BCUT2D eigenvalue weighted by Gasteiger charge is -2.10. The Hall–Kier alpha value is -1.92. The Bertz CT molecular complexity index is 591. The lowest BCUT2D eigenvalue weighted by atomic mass is 10.1. The monoisotopic (exact) mass is 478 g/mol. The number of unbranched alkanes of at least 4 members (excludes halogenated alkanes) is 10. The Balaban J connectivity index is 2.19. The van der Waals surface area contributed by atoms with E-state index in [0.717, 1.165) is 12.8 Å². The molecule has 6 heteroatoms. The van der Waals surface area contributed by atoms with E-state index in [9.17, 15) is 9.59 Å². The van der Waals surface area contributed by atoms with E-state index in [1.54, 1.807) is 24.3 Å². The van der Waals surface area contributed by atoms with Gasteiger partial charge in [-0.25, -0.2) is 9.59 Å². The Labute approximate surface area is 206 Å². The van der Waals surface area contributed by atoms with Gasteiger partial charge in [0.2, 0.25) is 0 Å². The van der Waals surface area contributed by atoms with Gasteiger partial charge in [0.15, 0.2) is 0 Å². The fraction of sp³-hybridized carbons (Fsp3) is 0.714. The average molecular weight is 479 g/mol. The predicted octanol–water partition coefficient (Wildman–Crippen LogP) is 6.75. The molecule has 0 fully saturated rings. The van der Waals surface area contributed by atoms with Crippen LogP contribution in [-0.2, 0) is 18.9 Å². The van der Waals surface area contributed by atoms with Crippen molar-refractivity contribution in [1.29, 1.82) is 0 Å². The minimum absolute atomic E-state index is 0.157. The number of carbonyl (C=O) groups is 2. The molecular formula is C28H46O6. The van der Waals surface area contributed by atoms with Crippen molar-refractivity contribution in [3.8, 4) is 0 Å². The van der Waals surface area contributed by atoms with E-state index in [2.05, 4.69) is 13.8 Å². The summed E-state index contributed by atoms with van der Waals surface area (Å²) in [4.78, 5) is 24.9. The fourth-order valence-corrected chi connectivity index (χ4v) is 3.55. The second-order valence-electron chi connectivity index (χ2n) is 8.58. The number of esters is 2. The summed E-state index contributed by atoms with van der Waals surface area (Å²) in [6, 6.07) is 6.55. The largest absolute Gasteiger partial charge is 0.460 e. The van der Waals surface area contributed by atoms with Gasteiger partial charge in [-0.05, 0) is 25.0 Å². The van der Waals surface area contributed by atoms with Crippen LogP contribution in [0.3, 0.4) is 0 Å². The minimum Gasteiger partial charge on any atom is -0.460 e. The van der Waals surface area contributed by atoms with Crippen molar-refractivity contribution in [3.05, 3.63) is 35.4 Å². The number of ether oxygens (including phenoxy) is 4. The first kappa shape index (κ1) is 30.1. The first-order valence-corrected chi connectivity index (χ1v) is 13.3. The maximum absolute atomic E-state index is 12.4. The highest BCUT2D eigenvalue weighted by Crippen LogP contribution is 2.12. The highest BCUT2D eigenvalue weighted by Gasteiger charge is 2.18. The molecule has 0 radical (unpaired) electrons. The van der Waals surface area contributed by atoms with Crippen molar-refractivity contribution in [2.75, 3.05) is 39.6 Å². The summed E-state index contributed by atoms with van der Waals surface area (Å²) in [5, 5.41) is 0. The van der Waals surface area contributed by atoms with Gasteiger partial charge in [-0.15, -0.1) is 0 Å². The second kappa shape index (κ2) is 21.6. The van der Waals surface area contributed by atoms with E-state index in [1.807, 2.05) is 0 Å². The molecule has 0 N–H and O–H groups in total. The molecule has 0 bridgehead atoms. The third kappa shape index (κ3) is 15.1. The van der Waals surface area contributed by atoms with E-state index in [-0.39, 0.29) is 24.3 Å². The van der Waals surface area contributed by atoms with Crippen LogP contribution >= 0.6 is 0 Å². The van der Waals surface area contributed by atoms with Crippen LogP contribution in [-0.4, -0.2) is 51.6 Å². The zero-order chi connectivity index (χ0) is 24.7. The number of carbonyl (C=O) groups excluding carboxylic acids is 2. The highest BCUT2D eigenvalue weighted by atomic mass is 16.6. The van der Waals surface area contributed by atoms with Crippen LogP contribution in [0, 0.1) is 0 Å². The van der Waals surface area contributed by atoms with Crippen LogP contribution in [0.2, 0.25) is 0 Å². The second-order valence-corrected chi connectivity index (χ2v) is 8.58. The van der Waals surface area contributed by atoms with E-state index in [1.165, 1.54) is 64.2 Å². The molecule has 194 valence electrons. The molecule has 0 saturated heterocycles. The topological polar surface area (TPSA) is 71.1 Å². The van der Waals surface area contributed by atoms with Crippen molar-refractivity contribution >= 4 is 11.9 Å². The van der Waals surface area contributed by atoms with E-state index in [0.29, 0.717) is 26.4 Å².